The van der Waals surface area contributed by atoms with Crippen LogP contribution in [0.1, 0.15) is 18.9 Å². The van der Waals surface area contributed by atoms with Crippen molar-refractivity contribution < 1.29 is 9.53 Å². The Labute approximate surface area is 95.1 Å². The Bertz CT molecular complexity index is 361. The maximum atomic E-state index is 11.1. The fourth-order valence-corrected chi connectivity index (χ4v) is 1.24. The first-order valence-electron chi connectivity index (χ1n) is 5.24. The fourth-order valence-electron chi connectivity index (χ4n) is 1.24. The van der Waals surface area contributed by atoms with Gasteiger partial charge in [0.05, 0.1) is 6.61 Å². The highest BCUT2D eigenvalue weighted by molar-refractivity contribution is 5.82. The number of carbonyl (C=O) groups is 1. The van der Waals surface area contributed by atoms with E-state index in [2.05, 4.69) is 4.98 Å². The summed E-state index contributed by atoms with van der Waals surface area (Å²) in [5, 5.41) is 0. The molecule has 0 amide bonds. The maximum Gasteiger partial charge on any atom is 0.332 e. The third kappa shape index (κ3) is 4.59. The monoisotopic (exact) mass is 220 g/mol. The van der Waals surface area contributed by atoms with Gasteiger partial charge in [-0.25, -0.2) is 4.79 Å². The summed E-state index contributed by atoms with van der Waals surface area (Å²) < 4.78 is 4.76. The molecule has 1 rings (SSSR count). The number of aryl methyl sites for hydroxylation is 1. The summed E-state index contributed by atoms with van der Waals surface area (Å²) in [6, 6.07) is 3.85. The first-order valence-corrected chi connectivity index (χ1v) is 5.24. The summed E-state index contributed by atoms with van der Waals surface area (Å²) >= 11 is 0. The molecule has 0 saturated carbocycles. The number of pyridine rings is 1. The van der Waals surface area contributed by atoms with Gasteiger partial charge in [-0.3, -0.25) is 4.98 Å². The zero-order valence-electron chi connectivity index (χ0n) is 9.35. The van der Waals surface area contributed by atoms with Gasteiger partial charge in [-0.05, 0) is 31.4 Å². The van der Waals surface area contributed by atoms with E-state index in [1.807, 2.05) is 12.1 Å². The zero-order valence-corrected chi connectivity index (χ0v) is 9.35. The third-order valence-corrected chi connectivity index (χ3v) is 2.01. The molecule has 1 heterocycles. The molecule has 1 aromatic heterocycles. The summed E-state index contributed by atoms with van der Waals surface area (Å²) in [6.07, 6.45) is 6.25. The Hall–Kier alpha value is -1.84. The van der Waals surface area contributed by atoms with Gasteiger partial charge in [-0.15, -0.1) is 0 Å². The van der Waals surface area contributed by atoms with Crippen LogP contribution < -0.4 is 5.73 Å². The summed E-state index contributed by atoms with van der Waals surface area (Å²) in [4.78, 5) is 15.1. The van der Waals surface area contributed by atoms with Gasteiger partial charge in [0, 0.05) is 24.2 Å². The van der Waals surface area contributed by atoms with Crippen molar-refractivity contribution in [1.82, 2.24) is 4.98 Å². The molecule has 2 N–H and O–H groups in total. The van der Waals surface area contributed by atoms with Crippen LogP contribution in [-0.2, 0) is 16.0 Å². The van der Waals surface area contributed by atoms with Crippen LogP contribution in [0.15, 0.2) is 36.3 Å². The van der Waals surface area contributed by atoms with Gasteiger partial charge in [0.15, 0.2) is 0 Å². The second kappa shape index (κ2) is 6.61. The van der Waals surface area contributed by atoms with Gasteiger partial charge >= 0.3 is 5.97 Å². The molecular formula is C12H16N2O2. The topological polar surface area (TPSA) is 65.2 Å². The Kier molecular flexibility index (Phi) is 5.05. The van der Waals surface area contributed by atoms with Crippen molar-refractivity contribution >= 4 is 5.97 Å². The molecule has 0 aromatic carbocycles. The zero-order chi connectivity index (χ0) is 11.8. The van der Waals surface area contributed by atoms with Gasteiger partial charge in [0.25, 0.3) is 0 Å². The molecule has 0 bridgehead atoms. The predicted molar refractivity (Wildman–Crippen MR) is 61.5 cm³/mol. The quantitative estimate of drug-likeness (QED) is 0.602. The van der Waals surface area contributed by atoms with Crippen LogP contribution in [0.25, 0.3) is 0 Å². The molecule has 0 aliphatic heterocycles. The van der Waals surface area contributed by atoms with Gasteiger partial charge in [0.2, 0.25) is 0 Å². The van der Waals surface area contributed by atoms with E-state index < -0.39 is 0 Å². The molecule has 0 aliphatic carbocycles. The van der Waals surface area contributed by atoms with E-state index in [0.717, 1.165) is 12.0 Å². The minimum Gasteiger partial charge on any atom is -0.463 e. The van der Waals surface area contributed by atoms with Crippen LogP contribution in [0.4, 0.5) is 0 Å². The van der Waals surface area contributed by atoms with Crippen molar-refractivity contribution in [3.05, 3.63) is 41.9 Å². The number of nitrogens with two attached hydrogens (primary N) is 1. The molecule has 16 heavy (non-hydrogen) atoms. The molecular weight excluding hydrogens is 204 g/mol. The van der Waals surface area contributed by atoms with Crippen molar-refractivity contribution in [2.45, 2.75) is 19.8 Å². The molecule has 0 atom stereocenters. The van der Waals surface area contributed by atoms with Gasteiger partial charge in [0.1, 0.15) is 0 Å². The maximum absolute atomic E-state index is 11.1. The largest absolute Gasteiger partial charge is 0.463 e. The Morgan fingerprint density at radius 1 is 1.62 bits per heavy atom. The normalized spacial score (nSPS) is 11.2. The minimum absolute atomic E-state index is 0.366. The molecule has 1 aromatic rings. The highest BCUT2D eigenvalue weighted by Crippen LogP contribution is 2.04. The van der Waals surface area contributed by atoms with Crippen LogP contribution in [0.5, 0.6) is 0 Å². The first-order chi connectivity index (χ1) is 7.72. The number of carbonyl (C=O) groups excluding carboxylic acids is 1. The van der Waals surface area contributed by atoms with E-state index in [4.69, 9.17) is 10.5 Å². The number of aromatic nitrogens is 1. The number of rotatable bonds is 5. The number of hydrogen-bond acceptors (Lipinski definition) is 4. The van der Waals surface area contributed by atoms with E-state index in [1.54, 1.807) is 19.3 Å². The average Bonchev–Trinajstić information content (AvgIpc) is 2.28. The average molecular weight is 220 g/mol. The molecule has 0 unspecified atom stereocenters. The highest BCUT2D eigenvalue weighted by atomic mass is 16.5. The number of esters is 1. The number of ether oxygens (including phenoxy) is 1. The molecule has 86 valence electrons. The van der Waals surface area contributed by atoms with Crippen molar-refractivity contribution in [3.8, 4) is 0 Å². The van der Waals surface area contributed by atoms with Crippen LogP contribution in [-0.4, -0.2) is 17.6 Å². The Balaban J connectivity index is 2.40. The van der Waals surface area contributed by atoms with E-state index in [1.165, 1.54) is 6.08 Å². The smallest absolute Gasteiger partial charge is 0.332 e. The van der Waals surface area contributed by atoms with Gasteiger partial charge in [-0.2, -0.15) is 0 Å². The lowest BCUT2D eigenvalue weighted by Crippen LogP contribution is -2.06. The van der Waals surface area contributed by atoms with E-state index >= 15 is 0 Å². The van der Waals surface area contributed by atoms with Crippen LogP contribution in [0.2, 0.25) is 0 Å². The standard InChI is InChI=1S/C12H16N2O2/c1-2-16-12(15)8-11(13)6-5-10-4-3-7-14-9-10/h3-4,7-9H,2,5-6,13H2,1H3/b11-8-. The van der Waals surface area contributed by atoms with Crippen molar-refractivity contribution in [2.24, 2.45) is 5.73 Å². The summed E-state index contributed by atoms with van der Waals surface area (Å²) in [5.41, 5.74) is 7.32. The molecule has 4 heteroatoms. The fraction of sp³-hybridized carbons (Fsp3) is 0.333. The predicted octanol–water partition coefficient (Wildman–Crippen LogP) is 1.42. The third-order valence-electron chi connectivity index (χ3n) is 2.01. The van der Waals surface area contributed by atoms with Gasteiger partial charge < -0.3 is 10.5 Å². The SMILES string of the molecule is CCOC(=O)/C=C(\N)CCc1cccnc1. The lowest BCUT2D eigenvalue weighted by Gasteiger charge is -2.02. The molecule has 0 saturated heterocycles. The van der Waals surface area contributed by atoms with Crippen molar-refractivity contribution in [3.63, 3.8) is 0 Å². The lowest BCUT2D eigenvalue weighted by molar-refractivity contribution is -0.137. The summed E-state index contributed by atoms with van der Waals surface area (Å²) in [6.45, 7) is 2.13. The van der Waals surface area contributed by atoms with Crippen LogP contribution >= 0.6 is 0 Å². The number of allylic oxidation sites excluding steroid dienone is 1. The highest BCUT2D eigenvalue weighted by Gasteiger charge is 1.99. The lowest BCUT2D eigenvalue weighted by atomic mass is 10.1. The number of hydrogen-bond donors (Lipinski definition) is 1. The van der Waals surface area contributed by atoms with Gasteiger partial charge in [-0.1, -0.05) is 6.07 Å². The molecule has 0 radical (unpaired) electrons. The second-order valence-electron chi connectivity index (χ2n) is 3.33. The number of nitrogens with zero attached hydrogens (tertiary/aromatic N) is 1. The molecule has 4 nitrogen and oxygen atoms in total. The minimum atomic E-state index is -0.383. The molecule has 0 spiro atoms. The summed E-state index contributed by atoms with van der Waals surface area (Å²) in [7, 11) is 0. The van der Waals surface area contributed by atoms with Crippen molar-refractivity contribution in [1.29, 1.82) is 0 Å². The van der Waals surface area contributed by atoms with Crippen molar-refractivity contribution in [2.75, 3.05) is 6.61 Å². The first kappa shape index (κ1) is 12.2. The summed E-state index contributed by atoms with van der Waals surface area (Å²) in [5.74, 6) is -0.383. The Morgan fingerprint density at radius 2 is 2.44 bits per heavy atom. The molecule has 0 fully saturated rings. The van der Waals surface area contributed by atoms with E-state index in [-0.39, 0.29) is 5.97 Å². The van der Waals surface area contributed by atoms with E-state index in [0.29, 0.717) is 18.7 Å². The second-order valence-corrected chi connectivity index (χ2v) is 3.33. The Morgan fingerprint density at radius 3 is 3.06 bits per heavy atom. The van der Waals surface area contributed by atoms with E-state index in [9.17, 15) is 4.79 Å². The van der Waals surface area contributed by atoms with Crippen LogP contribution in [0.3, 0.4) is 0 Å². The molecule has 0 aliphatic rings. The van der Waals surface area contributed by atoms with Crippen LogP contribution in [0, 0.1) is 0 Å².